The van der Waals surface area contributed by atoms with E-state index < -0.39 is 11.9 Å². The number of amides is 3. The molecule has 0 aliphatic rings. The first kappa shape index (κ1) is 16.4. The number of aromatic nitrogens is 4. The summed E-state index contributed by atoms with van der Waals surface area (Å²) in [5, 5.41) is 15.7. The molecule has 1 aromatic heterocycles. The summed E-state index contributed by atoms with van der Waals surface area (Å²) in [4.78, 5) is 23.2. The minimum atomic E-state index is -0.532. The first-order valence-electron chi connectivity index (χ1n) is 7.15. The summed E-state index contributed by atoms with van der Waals surface area (Å²) in [6.45, 7) is 3.52. The number of nitrogens with zero attached hydrogens (tertiary/aromatic N) is 4. The topological polar surface area (TPSA) is 111 Å². The van der Waals surface area contributed by atoms with Gasteiger partial charge in [0, 0.05) is 12.1 Å². The molecule has 0 bridgehead atoms. The van der Waals surface area contributed by atoms with Gasteiger partial charge in [-0.1, -0.05) is 13.0 Å². The lowest BCUT2D eigenvalue weighted by Gasteiger charge is -2.12. The van der Waals surface area contributed by atoms with Gasteiger partial charge >= 0.3 is 6.03 Å². The van der Waals surface area contributed by atoms with Crippen molar-refractivity contribution in [3.05, 3.63) is 30.6 Å². The lowest BCUT2D eigenvalue weighted by atomic mass is 10.3. The number of hydrogen-bond acceptors (Lipinski definition) is 6. The number of tetrazole rings is 1. The van der Waals surface area contributed by atoms with E-state index in [1.807, 2.05) is 13.8 Å². The molecule has 0 radical (unpaired) electrons. The van der Waals surface area contributed by atoms with Crippen molar-refractivity contribution in [2.45, 2.75) is 26.3 Å². The van der Waals surface area contributed by atoms with E-state index in [0.717, 1.165) is 6.42 Å². The van der Waals surface area contributed by atoms with Crippen LogP contribution in [0.5, 0.6) is 5.75 Å². The molecule has 2 aromatic rings. The van der Waals surface area contributed by atoms with Crippen LogP contribution < -0.4 is 15.4 Å². The molecular weight excluding hydrogens is 300 g/mol. The number of imide groups is 1. The molecule has 9 nitrogen and oxygen atoms in total. The van der Waals surface area contributed by atoms with Gasteiger partial charge in [0.15, 0.2) is 6.61 Å². The maximum absolute atomic E-state index is 11.7. The van der Waals surface area contributed by atoms with Crippen molar-refractivity contribution < 1.29 is 14.3 Å². The fourth-order valence-corrected chi connectivity index (χ4v) is 1.67. The first-order valence-corrected chi connectivity index (χ1v) is 7.15. The van der Waals surface area contributed by atoms with Crippen molar-refractivity contribution in [2.24, 2.45) is 0 Å². The van der Waals surface area contributed by atoms with Gasteiger partial charge in [-0.3, -0.25) is 10.1 Å². The van der Waals surface area contributed by atoms with Crippen LogP contribution in [-0.2, 0) is 4.79 Å². The summed E-state index contributed by atoms with van der Waals surface area (Å²) in [6.07, 6.45) is 2.23. The second-order valence-electron chi connectivity index (χ2n) is 4.87. The lowest BCUT2D eigenvalue weighted by Crippen LogP contribution is -2.44. The molecule has 2 rings (SSSR count). The molecule has 0 aliphatic heterocycles. The highest BCUT2D eigenvalue weighted by Gasteiger charge is 2.10. The molecule has 23 heavy (non-hydrogen) atoms. The third-order valence-corrected chi connectivity index (χ3v) is 3.04. The average molecular weight is 318 g/mol. The van der Waals surface area contributed by atoms with Gasteiger partial charge in [0.1, 0.15) is 12.1 Å². The van der Waals surface area contributed by atoms with Crippen LogP contribution in [0.4, 0.5) is 4.79 Å². The summed E-state index contributed by atoms with van der Waals surface area (Å²) in [7, 11) is 0. The van der Waals surface area contributed by atoms with E-state index in [4.69, 9.17) is 4.74 Å². The molecule has 1 atom stereocenters. The zero-order chi connectivity index (χ0) is 16.7. The average Bonchev–Trinajstić information content (AvgIpc) is 3.07. The van der Waals surface area contributed by atoms with Crippen LogP contribution in [0.2, 0.25) is 0 Å². The predicted octanol–water partition coefficient (Wildman–Crippen LogP) is 0.665. The molecule has 1 aromatic carbocycles. The molecule has 0 aliphatic carbocycles. The van der Waals surface area contributed by atoms with Crippen molar-refractivity contribution >= 4 is 11.9 Å². The number of ether oxygens (including phenoxy) is 1. The number of urea groups is 1. The Kier molecular flexibility index (Phi) is 5.61. The maximum atomic E-state index is 11.7. The minimum absolute atomic E-state index is 0.00307. The van der Waals surface area contributed by atoms with Gasteiger partial charge in [-0.2, -0.15) is 0 Å². The molecule has 0 saturated heterocycles. The van der Waals surface area contributed by atoms with Crippen LogP contribution in [0.25, 0.3) is 5.69 Å². The van der Waals surface area contributed by atoms with Crippen LogP contribution in [0.3, 0.4) is 0 Å². The predicted molar refractivity (Wildman–Crippen MR) is 81.1 cm³/mol. The Morgan fingerprint density at radius 3 is 2.91 bits per heavy atom. The highest BCUT2D eigenvalue weighted by molar-refractivity contribution is 5.95. The quantitative estimate of drug-likeness (QED) is 0.809. The second-order valence-corrected chi connectivity index (χ2v) is 4.87. The van der Waals surface area contributed by atoms with E-state index >= 15 is 0 Å². The summed E-state index contributed by atoms with van der Waals surface area (Å²) in [6, 6.07) is 6.39. The van der Waals surface area contributed by atoms with E-state index in [9.17, 15) is 9.59 Å². The normalized spacial score (nSPS) is 11.6. The molecule has 0 fully saturated rings. The maximum Gasteiger partial charge on any atom is 0.321 e. The van der Waals surface area contributed by atoms with Gasteiger partial charge in [-0.05, 0) is 35.9 Å². The summed E-state index contributed by atoms with van der Waals surface area (Å²) < 4.78 is 6.83. The standard InChI is InChI=1S/C14H18N6O3/c1-3-10(2)16-14(22)17-13(21)8-23-12-6-4-5-11(7-12)20-9-15-18-19-20/h4-7,9-10H,3,8H2,1-2H3,(H2,16,17,21,22)/t10-/m0/s1. The first-order chi connectivity index (χ1) is 11.1. The molecular formula is C14H18N6O3. The van der Waals surface area contributed by atoms with Crippen LogP contribution in [0.1, 0.15) is 20.3 Å². The number of carbonyl (C=O) groups excluding carboxylic acids is 2. The van der Waals surface area contributed by atoms with Gasteiger partial charge in [-0.15, -0.1) is 5.10 Å². The van der Waals surface area contributed by atoms with Crippen LogP contribution in [0, 0.1) is 0 Å². The molecule has 0 unspecified atom stereocenters. The summed E-state index contributed by atoms with van der Waals surface area (Å²) in [5.74, 6) is -0.0610. The Balaban J connectivity index is 1.85. The zero-order valence-electron chi connectivity index (χ0n) is 12.9. The zero-order valence-corrected chi connectivity index (χ0v) is 12.9. The highest BCUT2D eigenvalue weighted by atomic mass is 16.5. The third-order valence-electron chi connectivity index (χ3n) is 3.04. The Labute approximate surface area is 133 Å². The van der Waals surface area contributed by atoms with Crippen molar-refractivity contribution in [3.8, 4) is 11.4 Å². The number of benzene rings is 1. The van der Waals surface area contributed by atoms with Gasteiger partial charge in [0.2, 0.25) is 0 Å². The summed E-state index contributed by atoms with van der Waals surface area (Å²) in [5.41, 5.74) is 0.697. The van der Waals surface area contributed by atoms with Crippen LogP contribution in [0.15, 0.2) is 30.6 Å². The van der Waals surface area contributed by atoms with Crippen LogP contribution >= 0.6 is 0 Å². The fourth-order valence-electron chi connectivity index (χ4n) is 1.67. The van der Waals surface area contributed by atoms with Crippen molar-refractivity contribution in [1.82, 2.24) is 30.8 Å². The molecule has 122 valence electrons. The highest BCUT2D eigenvalue weighted by Crippen LogP contribution is 2.15. The van der Waals surface area contributed by atoms with E-state index in [0.29, 0.717) is 11.4 Å². The van der Waals surface area contributed by atoms with Crippen molar-refractivity contribution in [1.29, 1.82) is 0 Å². The van der Waals surface area contributed by atoms with Gasteiger partial charge < -0.3 is 10.1 Å². The molecule has 9 heteroatoms. The van der Waals surface area contributed by atoms with Gasteiger partial charge in [0.05, 0.1) is 5.69 Å². The van der Waals surface area contributed by atoms with E-state index in [-0.39, 0.29) is 12.6 Å². The Morgan fingerprint density at radius 2 is 2.22 bits per heavy atom. The minimum Gasteiger partial charge on any atom is -0.484 e. The largest absolute Gasteiger partial charge is 0.484 e. The lowest BCUT2D eigenvalue weighted by molar-refractivity contribution is -0.122. The van der Waals surface area contributed by atoms with E-state index in [1.165, 1.54) is 11.0 Å². The third kappa shape index (κ3) is 5.06. The fraction of sp³-hybridized carbons (Fsp3) is 0.357. The van der Waals surface area contributed by atoms with Gasteiger partial charge in [0.25, 0.3) is 5.91 Å². The van der Waals surface area contributed by atoms with E-state index in [2.05, 4.69) is 26.2 Å². The number of rotatable bonds is 6. The molecule has 0 spiro atoms. The van der Waals surface area contributed by atoms with Gasteiger partial charge in [-0.25, -0.2) is 9.48 Å². The van der Waals surface area contributed by atoms with Crippen molar-refractivity contribution in [3.63, 3.8) is 0 Å². The Morgan fingerprint density at radius 1 is 1.39 bits per heavy atom. The molecule has 0 saturated carbocycles. The number of hydrogen-bond donors (Lipinski definition) is 2. The van der Waals surface area contributed by atoms with E-state index in [1.54, 1.807) is 24.3 Å². The smallest absolute Gasteiger partial charge is 0.321 e. The molecule has 3 amide bonds. The Bertz CT molecular complexity index is 658. The number of carbonyl (C=O) groups is 2. The van der Waals surface area contributed by atoms with Crippen LogP contribution in [-0.4, -0.2) is 44.8 Å². The molecule has 2 N–H and O–H groups in total. The second kappa shape index (κ2) is 7.87. The van der Waals surface area contributed by atoms with Crippen molar-refractivity contribution in [2.75, 3.05) is 6.61 Å². The SMILES string of the molecule is CC[C@H](C)NC(=O)NC(=O)COc1cccc(-n2cnnn2)c1. The number of nitrogens with one attached hydrogen (secondary N) is 2. The summed E-state index contributed by atoms with van der Waals surface area (Å²) >= 11 is 0. The molecule has 1 heterocycles. The Hall–Kier alpha value is -2.97. The monoisotopic (exact) mass is 318 g/mol.